The number of hydrogen-bond acceptors (Lipinski definition) is 7. The number of rotatable bonds is 7. The average molecular weight is 620 g/mol. The molecule has 1 amide bonds. The molecular weight excluding hydrogens is 587 g/mol. The van der Waals surface area contributed by atoms with Crippen molar-refractivity contribution in [1.82, 2.24) is 9.62 Å². The third-order valence-corrected chi connectivity index (χ3v) is 9.00. The first-order chi connectivity index (χ1) is 20.5. The van der Waals surface area contributed by atoms with Crippen LogP contribution in [0.2, 0.25) is 0 Å². The Labute approximate surface area is 247 Å². The molecule has 5 rings (SSSR count). The van der Waals surface area contributed by atoms with Crippen LogP contribution >= 0.6 is 0 Å². The van der Waals surface area contributed by atoms with Crippen molar-refractivity contribution in [3.05, 3.63) is 83.9 Å². The molecule has 43 heavy (non-hydrogen) atoms. The summed E-state index contributed by atoms with van der Waals surface area (Å²) >= 11 is 0. The van der Waals surface area contributed by atoms with Crippen molar-refractivity contribution in [2.75, 3.05) is 24.6 Å². The molecule has 2 heterocycles. The molecule has 9 nitrogen and oxygen atoms in total. The van der Waals surface area contributed by atoms with E-state index in [9.17, 15) is 31.5 Å². The van der Waals surface area contributed by atoms with Crippen molar-refractivity contribution in [1.29, 1.82) is 0 Å². The number of sulfonamides is 1. The Morgan fingerprint density at radius 2 is 1.53 bits per heavy atom. The van der Waals surface area contributed by atoms with Crippen LogP contribution in [0.5, 0.6) is 5.75 Å². The minimum absolute atomic E-state index is 0.0497. The van der Waals surface area contributed by atoms with E-state index < -0.39 is 46.4 Å². The van der Waals surface area contributed by atoms with E-state index in [0.29, 0.717) is 6.42 Å². The van der Waals surface area contributed by atoms with Crippen molar-refractivity contribution in [2.24, 2.45) is 0 Å². The summed E-state index contributed by atoms with van der Waals surface area (Å²) in [5.74, 6) is -0.576. The second-order valence-corrected chi connectivity index (χ2v) is 12.2. The Bertz CT molecular complexity index is 1500. The molecule has 1 fully saturated rings. The number of para-hydroxylation sites is 2. The number of carbonyl (C=O) groups is 1. The topological polar surface area (TPSA) is 108 Å². The average Bonchev–Trinajstić information content (AvgIpc) is 3.13. The number of nitrogens with zero attached hydrogens (tertiary/aromatic N) is 2. The number of ether oxygens (including phenoxy) is 2. The molecule has 3 aromatic rings. The zero-order valence-corrected chi connectivity index (χ0v) is 24.1. The smallest absolute Gasteiger partial charge is 0.449 e. The highest BCUT2D eigenvalue weighted by molar-refractivity contribution is 7.89. The summed E-state index contributed by atoms with van der Waals surface area (Å²) in [6.45, 7) is 1.88. The molecule has 0 saturated carbocycles. The lowest BCUT2D eigenvalue weighted by Crippen LogP contribution is -2.66. The Morgan fingerprint density at radius 3 is 2.09 bits per heavy atom. The van der Waals surface area contributed by atoms with Crippen molar-refractivity contribution in [3.8, 4) is 5.75 Å². The highest BCUT2D eigenvalue weighted by Gasteiger charge is 2.44. The standard InChI is InChI=1S/C30H32F3N3O6S/c1-2-17-41-29(38)35-18-24(34-43(39,40)23-15-13-22(14-16-23)42-30(31,32)33)28(37)27(19-35)36-25-9-5-3-7-20(25)11-12-21-8-4-6-10-26(21)36/h3-10,13-16,24,27-28,34,37H,2,11-12,17-19H2,1H3/t24-,27?,28+/m1/s1. The van der Waals surface area contributed by atoms with Gasteiger partial charge >= 0.3 is 12.5 Å². The number of aryl methyl sites for hydroxylation is 2. The molecule has 230 valence electrons. The molecular formula is C30H32F3N3O6S. The van der Waals surface area contributed by atoms with E-state index in [2.05, 4.69) is 9.46 Å². The predicted octanol–water partition coefficient (Wildman–Crippen LogP) is 4.76. The van der Waals surface area contributed by atoms with Crippen LogP contribution in [-0.4, -0.2) is 68.8 Å². The van der Waals surface area contributed by atoms with Gasteiger partial charge in [-0.05, 0) is 66.8 Å². The van der Waals surface area contributed by atoms with Gasteiger partial charge in [-0.25, -0.2) is 17.9 Å². The van der Waals surface area contributed by atoms with Crippen LogP contribution in [0.4, 0.5) is 29.3 Å². The Balaban J connectivity index is 1.50. The maximum absolute atomic E-state index is 13.4. The summed E-state index contributed by atoms with van der Waals surface area (Å²) in [6.07, 6.45) is -4.79. The monoisotopic (exact) mass is 619 g/mol. The number of alkyl halides is 3. The number of fused-ring (bicyclic) bond motifs is 2. The summed E-state index contributed by atoms with van der Waals surface area (Å²) in [7, 11) is -4.35. The van der Waals surface area contributed by atoms with Gasteiger partial charge < -0.3 is 24.4 Å². The van der Waals surface area contributed by atoms with Gasteiger partial charge in [-0.2, -0.15) is 0 Å². The molecule has 0 bridgehead atoms. The molecule has 13 heteroatoms. The molecule has 3 aromatic carbocycles. The number of hydrogen-bond donors (Lipinski definition) is 2. The molecule has 0 aliphatic carbocycles. The third-order valence-electron chi connectivity index (χ3n) is 7.49. The van der Waals surface area contributed by atoms with Gasteiger partial charge in [-0.15, -0.1) is 13.2 Å². The van der Waals surface area contributed by atoms with E-state index >= 15 is 0 Å². The first-order valence-corrected chi connectivity index (χ1v) is 15.4. The molecule has 2 N–H and O–H groups in total. The number of aliphatic hydroxyl groups excluding tert-OH is 1. The number of nitrogens with one attached hydrogen (secondary N) is 1. The molecule has 0 aromatic heterocycles. The molecule has 1 saturated heterocycles. The van der Waals surface area contributed by atoms with Crippen LogP contribution in [0.3, 0.4) is 0 Å². The molecule has 2 aliphatic rings. The lowest BCUT2D eigenvalue weighted by atomic mass is 9.94. The molecule has 3 atom stereocenters. The van der Waals surface area contributed by atoms with Crippen LogP contribution < -0.4 is 14.4 Å². The SMILES string of the molecule is CCCOC(=O)N1CC(N2c3ccccc3CCc3ccccc32)[C@@H](O)[C@H](NS(=O)(=O)c2ccc(OC(F)(F)F)cc2)C1. The quantitative estimate of drug-likeness (QED) is 0.393. The Morgan fingerprint density at radius 1 is 0.953 bits per heavy atom. The zero-order valence-electron chi connectivity index (χ0n) is 23.3. The molecule has 2 aliphatic heterocycles. The van der Waals surface area contributed by atoms with Gasteiger partial charge in [-0.3, -0.25) is 0 Å². The summed E-state index contributed by atoms with van der Waals surface area (Å²) in [5.41, 5.74) is 3.74. The van der Waals surface area contributed by atoms with Gasteiger partial charge in [-0.1, -0.05) is 43.3 Å². The largest absolute Gasteiger partial charge is 0.573 e. The van der Waals surface area contributed by atoms with E-state index in [0.717, 1.165) is 59.6 Å². The third kappa shape index (κ3) is 6.89. The number of amides is 1. The van der Waals surface area contributed by atoms with Crippen LogP contribution in [0.25, 0.3) is 0 Å². The first-order valence-electron chi connectivity index (χ1n) is 13.9. The fourth-order valence-electron chi connectivity index (χ4n) is 5.55. The molecule has 0 spiro atoms. The van der Waals surface area contributed by atoms with E-state index in [-0.39, 0.29) is 24.6 Å². The first kappa shape index (κ1) is 30.6. The van der Waals surface area contributed by atoms with Crippen molar-refractivity contribution in [2.45, 2.75) is 55.6 Å². The Kier molecular flexibility index (Phi) is 8.86. The summed E-state index contributed by atoms with van der Waals surface area (Å²) in [5, 5.41) is 11.8. The van der Waals surface area contributed by atoms with E-state index in [1.807, 2.05) is 60.4 Å². The van der Waals surface area contributed by atoms with Crippen LogP contribution in [0, 0.1) is 0 Å². The maximum Gasteiger partial charge on any atom is 0.573 e. The highest BCUT2D eigenvalue weighted by Crippen LogP contribution is 2.39. The zero-order chi connectivity index (χ0) is 30.8. The van der Waals surface area contributed by atoms with Gasteiger partial charge in [0.1, 0.15) is 5.75 Å². The minimum atomic E-state index is -4.93. The second kappa shape index (κ2) is 12.4. The van der Waals surface area contributed by atoms with Crippen molar-refractivity contribution in [3.63, 3.8) is 0 Å². The van der Waals surface area contributed by atoms with Gasteiger partial charge in [0.2, 0.25) is 10.0 Å². The number of aliphatic hydroxyl groups is 1. The van der Waals surface area contributed by atoms with Gasteiger partial charge in [0, 0.05) is 24.5 Å². The van der Waals surface area contributed by atoms with Crippen LogP contribution in [-0.2, 0) is 27.6 Å². The fourth-order valence-corrected chi connectivity index (χ4v) is 6.79. The van der Waals surface area contributed by atoms with Gasteiger partial charge in [0.05, 0.1) is 29.7 Å². The lowest BCUT2D eigenvalue weighted by Gasteiger charge is -2.46. The van der Waals surface area contributed by atoms with Crippen molar-refractivity contribution < 1.29 is 41.0 Å². The van der Waals surface area contributed by atoms with Gasteiger partial charge in [0.25, 0.3) is 0 Å². The predicted molar refractivity (Wildman–Crippen MR) is 153 cm³/mol. The minimum Gasteiger partial charge on any atom is -0.449 e. The van der Waals surface area contributed by atoms with Gasteiger partial charge in [0.15, 0.2) is 0 Å². The van der Waals surface area contributed by atoms with Crippen LogP contribution in [0.15, 0.2) is 77.7 Å². The summed E-state index contributed by atoms with van der Waals surface area (Å²) < 4.78 is 76.2. The molecule has 0 radical (unpaired) electrons. The lowest BCUT2D eigenvalue weighted by molar-refractivity contribution is -0.274. The van der Waals surface area contributed by atoms with Crippen LogP contribution in [0.1, 0.15) is 24.5 Å². The van der Waals surface area contributed by atoms with Crippen molar-refractivity contribution >= 4 is 27.5 Å². The number of halogens is 3. The highest BCUT2D eigenvalue weighted by atomic mass is 32.2. The van der Waals surface area contributed by atoms with E-state index in [1.54, 1.807) is 0 Å². The molecule has 1 unspecified atom stereocenters. The Hall–Kier alpha value is -3.81. The summed E-state index contributed by atoms with van der Waals surface area (Å²) in [4.78, 5) is 16.1. The number of likely N-dealkylation sites (tertiary alicyclic amines) is 1. The number of carbonyl (C=O) groups excluding carboxylic acids is 1. The fraction of sp³-hybridized carbons (Fsp3) is 0.367. The number of benzene rings is 3. The van der Waals surface area contributed by atoms with E-state index in [4.69, 9.17) is 4.74 Å². The van der Waals surface area contributed by atoms with E-state index in [1.165, 1.54) is 4.90 Å². The summed E-state index contributed by atoms with van der Waals surface area (Å²) in [6, 6.07) is 17.3. The number of piperidine rings is 1. The maximum atomic E-state index is 13.4. The second-order valence-electron chi connectivity index (χ2n) is 10.5. The normalized spacial score (nSPS) is 20.5. The number of anilines is 2.